The summed E-state index contributed by atoms with van der Waals surface area (Å²) in [5.74, 6) is -0.712. The number of esters is 1. The lowest BCUT2D eigenvalue weighted by Crippen LogP contribution is -2.43. The van der Waals surface area contributed by atoms with Gasteiger partial charge in [-0.3, -0.25) is 14.4 Å². The van der Waals surface area contributed by atoms with E-state index in [2.05, 4.69) is 4.98 Å². The third-order valence-electron chi connectivity index (χ3n) is 6.48. The van der Waals surface area contributed by atoms with Crippen molar-refractivity contribution in [2.75, 3.05) is 41.0 Å². The van der Waals surface area contributed by atoms with Crippen LogP contribution in [0.4, 0.5) is 0 Å². The number of likely N-dealkylation sites (N-methyl/N-ethyl adjacent to an activating group) is 1. The molecule has 14 heteroatoms. The minimum absolute atomic E-state index is 0.0963. The minimum atomic E-state index is -4.21. The van der Waals surface area contributed by atoms with Crippen molar-refractivity contribution in [3.05, 3.63) is 75.2 Å². The lowest BCUT2D eigenvalue weighted by molar-refractivity contribution is -0.141. The van der Waals surface area contributed by atoms with Crippen LogP contribution in [0.15, 0.2) is 47.8 Å². The van der Waals surface area contributed by atoms with Crippen molar-refractivity contribution < 1.29 is 37.0 Å². The Balaban J connectivity index is 1.77. The summed E-state index contributed by atoms with van der Waals surface area (Å²) in [7, 11) is 0.0874. The van der Waals surface area contributed by atoms with Gasteiger partial charge in [0.05, 0.1) is 20.8 Å². The van der Waals surface area contributed by atoms with Crippen LogP contribution in [0.3, 0.4) is 0 Å². The largest absolute Gasteiger partial charge is 0.496 e. The van der Waals surface area contributed by atoms with E-state index < -0.39 is 22.1 Å². The first kappa shape index (κ1) is 33.5. The minimum Gasteiger partial charge on any atom is -0.496 e. The second kappa shape index (κ2) is 15.5. The fourth-order valence-electron chi connectivity index (χ4n) is 4.10. The highest BCUT2D eigenvalue weighted by atomic mass is 32.2. The van der Waals surface area contributed by atoms with Gasteiger partial charge in [0.15, 0.2) is 0 Å². The molecule has 12 nitrogen and oxygen atoms in total. The van der Waals surface area contributed by atoms with Crippen molar-refractivity contribution >= 4 is 39.3 Å². The van der Waals surface area contributed by atoms with Gasteiger partial charge in [0.2, 0.25) is 0 Å². The van der Waals surface area contributed by atoms with Gasteiger partial charge >= 0.3 is 16.2 Å². The molecule has 0 atom stereocenters. The Morgan fingerprint density at radius 3 is 2.28 bits per heavy atom. The highest BCUT2D eigenvalue weighted by Gasteiger charge is 2.25. The number of rotatable bonds is 15. The molecule has 0 saturated heterocycles. The first-order valence-electron chi connectivity index (χ1n) is 13.4. The van der Waals surface area contributed by atoms with Gasteiger partial charge in [0.25, 0.3) is 11.8 Å². The van der Waals surface area contributed by atoms with Gasteiger partial charge in [-0.1, -0.05) is 30.3 Å². The average Bonchev–Trinajstić information content (AvgIpc) is 3.45. The standard InChI is InChI=1S/C29H36N4O8S2/c1-20-25(39-4)16-23(17-26(20)40-5)29(36)33(13-9-12-22-10-7-6-8-11-22)18-27-30-24(19-42-27)28(35)31-43(37,38)32(3)14-15-41-21(2)34/h6-8,10-11,16-17,19H,9,12-15,18H2,1-5H3,(H,31,35). The molecule has 0 aliphatic rings. The van der Waals surface area contributed by atoms with E-state index in [0.29, 0.717) is 35.0 Å². The molecule has 43 heavy (non-hydrogen) atoms. The number of thiazole rings is 1. The Kier molecular flexibility index (Phi) is 12.0. The Labute approximate surface area is 255 Å². The van der Waals surface area contributed by atoms with Gasteiger partial charge in [-0.2, -0.15) is 12.7 Å². The number of nitrogens with one attached hydrogen (secondary N) is 1. The summed E-state index contributed by atoms with van der Waals surface area (Å²) in [5, 5.41) is 1.88. The zero-order valence-electron chi connectivity index (χ0n) is 24.8. The summed E-state index contributed by atoms with van der Waals surface area (Å²) in [6, 6.07) is 13.2. The van der Waals surface area contributed by atoms with E-state index in [1.807, 2.05) is 42.0 Å². The summed E-state index contributed by atoms with van der Waals surface area (Å²) in [5.41, 5.74) is 2.17. The maximum absolute atomic E-state index is 13.8. The van der Waals surface area contributed by atoms with E-state index in [1.54, 1.807) is 17.0 Å². The summed E-state index contributed by atoms with van der Waals surface area (Å²) in [6.07, 6.45) is 1.42. The molecule has 1 aromatic heterocycles. The zero-order chi connectivity index (χ0) is 31.6. The van der Waals surface area contributed by atoms with E-state index in [4.69, 9.17) is 14.2 Å². The van der Waals surface area contributed by atoms with Crippen molar-refractivity contribution in [1.29, 1.82) is 0 Å². The molecule has 0 saturated carbocycles. The summed E-state index contributed by atoms with van der Waals surface area (Å²) >= 11 is 1.14. The molecule has 0 unspecified atom stereocenters. The number of methoxy groups -OCH3 is 2. The van der Waals surface area contributed by atoms with Crippen LogP contribution in [-0.2, 0) is 32.7 Å². The molecule has 2 aromatic carbocycles. The molecular formula is C29H36N4O8S2. The molecule has 0 bridgehead atoms. The van der Waals surface area contributed by atoms with Crippen LogP contribution in [0, 0.1) is 6.92 Å². The number of hydrogen-bond acceptors (Lipinski definition) is 10. The highest BCUT2D eigenvalue weighted by molar-refractivity contribution is 7.87. The maximum atomic E-state index is 13.8. The average molecular weight is 633 g/mol. The van der Waals surface area contributed by atoms with Crippen LogP contribution in [0.2, 0.25) is 0 Å². The second-order valence-corrected chi connectivity index (χ2v) is 12.3. The van der Waals surface area contributed by atoms with Crippen molar-refractivity contribution in [2.24, 2.45) is 0 Å². The summed E-state index contributed by atoms with van der Waals surface area (Å²) in [6.45, 7) is 3.24. The van der Waals surface area contributed by atoms with E-state index in [-0.39, 0.29) is 31.3 Å². The van der Waals surface area contributed by atoms with Gasteiger partial charge in [-0.15, -0.1) is 11.3 Å². The van der Waals surface area contributed by atoms with Crippen LogP contribution in [0.1, 0.15) is 50.3 Å². The molecule has 1 N–H and O–H groups in total. The second-order valence-electron chi connectivity index (χ2n) is 9.55. The van der Waals surface area contributed by atoms with Crippen molar-refractivity contribution in [1.82, 2.24) is 18.9 Å². The number of hydrogen-bond donors (Lipinski definition) is 1. The summed E-state index contributed by atoms with van der Waals surface area (Å²) < 4.78 is 43.6. The predicted octanol–water partition coefficient (Wildman–Crippen LogP) is 3.21. The molecule has 1 heterocycles. The molecule has 0 aliphatic carbocycles. The van der Waals surface area contributed by atoms with Crippen molar-refractivity contribution in [3.8, 4) is 11.5 Å². The number of ether oxygens (including phenoxy) is 3. The van der Waals surface area contributed by atoms with Crippen LogP contribution < -0.4 is 14.2 Å². The molecule has 0 spiro atoms. The molecule has 232 valence electrons. The molecule has 0 radical (unpaired) electrons. The van der Waals surface area contributed by atoms with Gasteiger partial charge < -0.3 is 19.1 Å². The SMILES string of the molecule is COc1cc(C(=O)N(CCCc2ccccc2)Cc2nc(C(=O)NS(=O)(=O)N(C)CCOC(C)=O)cs2)cc(OC)c1C. The van der Waals surface area contributed by atoms with Gasteiger partial charge in [0.1, 0.15) is 28.8 Å². The fourth-order valence-corrected chi connectivity index (χ4v) is 5.70. The lowest BCUT2D eigenvalue weighted by atomic mass is 10.1. The van der Waals surface area contributed by atoms with Gasteiger partial charge in [0, 0.05) is 43.6 Å². The Morgan fingerprint density at radius 2 is 1.67 bits per heavy atom. The topological polar surface area (TPSA) is 144 Å². The number of aryl methyl sites for hydroxylation is 1. The quantitative estimate of drug-likeness (QED) is 0.250. The Hall–Kier alpha value is -4.01. The number of benzene rings is 2. The molecular weight excluding hydrogens is 596 g/mol. The number of amides is 2. The van der Waals surface area contributed by atoms with Crippen LogP contribution in [0.25, 0.3) is 0 Å². The predicted molar refractivity (Wildman–Crippen MR) is 162 cm³/mol. The monoisotopic (exact) mass is 632 g/mol. The molecule has 3 rings (SSSR count). The number of carbonyl (C=O) groups is 3. The van der Waals surface area contributed by atoms with Gasteiger partial charge in [-0.25, -0.2) is 9.71 Å². The maximum Gasteiger partial charge on any atom is 0.303 e. The van der Waals surface area contributed by atoms with Crippen LogP contribution >= 0.6 is 11.3 Å². The van der Waals surface area contributed by atoms with E-state index in [9.17, 15) is 22.8 Å². The molecule has 0 aliphatic heterocycles. The van der Waals surface area contributed by atoms with E-state index in [1.165, 1.54) is 33.6 Å². The first-order chi connectivity index (χ1) is 20.4. The van der Waals surface area contributed by atoms with Crippen molar-refractivity contribution in [2.45, 2.75) is 33.2 Å². The normalized spacial score (nSPS) is 11.2. The number of carbonyl (C=O) groups excluding carboxylic acids is 3. The highest BCUT2D eigenvalue weighted by Crippen LogP contribution is 2.30. The first-order valence-corrected chi connectivity index (χ1v) is 15.7. The lowest BCUT2D eigenvalue weighted by Gasteiger charge is -2.23. The number of aromatic nitrogens is 1. The smallest absolute Gasteiger partial charge is 0.303 e. The Morgan fingerprint density at radius 1 is 1.02 bits per heavy atom. The molecule has 3 aromatic rings. The third-order valence-corrected chi connectivity index (χ3v) is 8.76. The van der Waals surface area contributed by atoms with Gasteiger partial charge in [-0.05, 0) is 37.5 Å². The van der Waals surface area contributed by atoms with Crippen molar-refractivity contribution in [3.63, 3.8) is 0 Å². The third kappa shape index (κ3) is 9.49. The van der Waals surface area contributed by atoms with E-state index in [0.717, 1.165) is 33.2 Å². The van der Waals surface area contributed by atoms with Crippen LogP contribution in [0.5, 0.6) is 11.5 Å². The van der Waals surface area contributed by atoms with E-state index >= 15 is 0 Å². The molecule has 0 fully saturated rings. The molecule has 2 amide bonds. The van der Waals surface area contributed by atoms with Crippen LogP contribution in [-0.4, -0.2) is 81.4 Å². The zero-order valence-corrected chi connectivity index (χ0v) is 26.4. The fraction of sp³-hybridized carbons (Fsp3) is 0.379. The summed E-state index contributed by atoms with van der Waals surface area (Å²) in [4.78, 5) is 43.4. The Bertz CT molecular complexity index is 1500. The number of nitrogens with zero attached hydrogens (tertiary/aromatic N) is 3.